The molecular formula is C14H16N2O2. The van der Waals surface area contributed by atoms with E-state index in [1.807, 2.05) is 24.3 Å². The zero-order chi connectivity index (χ0) is 12.5. The highest BCUT2D eigenvalue weighted by Crippen LogP contribution is 2.34. The van der Waals surface area contributed by atoms with E-state index < -0.39 is 5.91 Å². The van der Waals surface area contributed by atoms with Crippen LogP contribution in [0.4, 0.5) is 0 Å². The Morgan fingerprint density at radius 2 is 2.22 bits per heavy atom. The minimum absolute atomic E-state index is 0.310. The summed E-state index contributed by atoms with van der Waals surface area (Å²) in [5.74, 6) is 0.154. The molecule has 4 nitrogen and oxygen atoms in total. The Labute approximate surface area is 105 Å². The van der Waals surface area contributed by atoms with E-state index in [2.05, 4.69) is 5.32 Å². The summed E-state index contributed by atoms with van der Waals surface area (Å²) in [6, 6.07) is 7.73. The van der Waals surface area contributed by atoms with E-state index in [-0.39, 0.29) is 0 Å². The predicted molar refractivity (Wildman–Crippen MR) is 69.6 cm³/mol. The second kappa shape index (κ2) is 4.46. The molecular weight excluding hydrogens is 228 g/mol. The van der Waals surface area contributed by atoms with Gasteiger partial charge in [-0.15, -0.1) is 0 Å². The second-order valence-corrected chi connectivity index (χ2v) is 4.75. The Kier molecular flexibility index (Phi) is 2.80. The molecule has 1 aromatic heterocycles. The number of furan rings is 1. The highest BCUT2D eigenvalue weighted by Gasteiger charge is 2.26. The number of hydrogen-bond acceptors (Lipinski definition) is 3. The molecule has 1 aromatic carbocycles. The third-order valence-electron chi connectivity index (χ3n) is 3.56. The number of para-hydroxylation sites is 1. The molecule has 3 rings (SSSR count). The number of primary amides is 1. The Balaban J connectivity index is 2.17. The molecule has 0 spiro atoms. The van der Waals surface area contributed by atoms with Gasteiger partial charge in [-0.1, -0.05) is 18.2 Å². The van der Waals surface area contributed by atoms with Crippen LogP contribution in [0, 0.1) is 0 Å². The zero-order valence-electron chi connectivity index (χ0n) is 10.1. The molecule has 1 unspecified atom stereocenters. The lowest BCUT2D eigenvalue weighted by Crippen LogP contribution is -2.29. The van der Waals surface area contributed by atoms with Crippen molar-refractivity contribution in [1.29, 1.82) is 0 Å². The number of carbonyl (C=O) groups is 1. The fourth-order valence-corrected chi connectivity index (χ4v) is 2.75. The van der Waals surface area contributed by atoms with Crippen LogP contribution in [0.2, 0.25) is 0 Å². The maximum absolute atomic E-state index is 11.5. The number of rotatable bonds is 2. The van der Waals surface area contributed by atoms with Gasteiger partial charge in [-0.2, -0.15) is 0 Å². The van der Waals surface area contributed by atoms with E-state index in [0.29, 0.717) is 11.7 Å². The summed E-state index contributed by atoms with van der Waals surface area (Å²) in [6.45, 7) is 1.92. The first kappa shape index (κ1) is 11.3. The average molecular weight is 244 g/mol. The number of nitrogens with two attached hydrogens (primary N) is 1. The van der Waals surface area contributed by atoms with Crippen molar-refractivity contribution >= 4 is 16.9 Å². The molecule has 0 aliphatic carbocycles. The SMILES string of the molecule is NC(=O)c1oc2ccccc2c1C1CCCNC1. The minimum Gasteiger partial charge on any atom is -0.451 e. The van der Waals surface area contributed by atoms with Gasteiger partial charge in [0.25, 0.3) is 5.91 Å². The summed E-state index contributed by atoms with van der Waals surface area (Å²) in [6.07, 6.45) is 2.18. The molecule has 0 saturated carbocycles. The van der Waals surface area contributed by atoms with Gasteiger partial charge in [0, 0.05) is 23.4 Å². The van der Waals surface area contributed by atoms with Crippen LogP contribution in [-0.4, -0.2) is 19.0 Å². The first-order valence-electron chi connectivity index (χ1n) is 6.29. The molecule has 18 heavy (non-hydrogen) atoms. The average Bonchev–Trinajstić information content (AvgIpc) is 2.79. The third kappa shape index (κ3) is 1.78. The molecule has 0 bridgehead atoms. The van der Waals surface area contributed by atoms with Crippen LogP contribution in [-0.2, 0) is 0 Å². The van der Waals surface area contributed by atoms with Crippen LogP contribution in [0.1, 0.15) is 34.9 Å². The maximum atomic E-state index is 11.5. The van der Waals surface area contributed by atoms with Gasteiger partial charge in [-0.25, -0.2) is 0 Å². The summed E-state index contributed by atoms with van der Waals surface area (Å²) in [7, 11) is 0. The highest BCUT2D eigenvalue weighted by atomic mass is 16.3. The maximum Gasteiger partial charge on any atom is 0.284 e. The highest BCUT2D eigenvalue weighted by molar-refractivity contribution is 5.98. The van der Waals surface area contributed by atoms with Crippen LogP contribution >= 0.6 is 0 Å². The molecule has 2 aromatic rings. The van der Waals surface area contributed by atoms with Crippen LogP contribution in [0.5, 0.6) is 0 Å². The molecule has 4 heteroatoms. The fraction of sp³-hybridized carbons (Fsp3) is 0.357. The largest absolute Gasteiger partial charge is 0.451 e. The number of fused-ring (bicyclic) bond motifs is 1. The van der Waals surface area contributed by atoms with Crippen molar-refractivity contribution in [3.8, 4) is 0 Å². The number of piperidine rings is 1. The zero-order valence-corrected chi connectivity index (χ0v) is 10.1. The molecule has 0 radical (unpaired) electrons. The molecule has 3 N–H and O–H groups in total. The molecule has 1 aliphatic rings. The Morgan fingerprint density at radius 1 is 1.39 bits per heavy atom. The molecule has 1 saturated heterocycles. The number of nitrogens with one attached hydrogen (secondary N) is 1. The van der Waals surface area contributed by atoms with Crippen LogP contribution < -0.4 is 11.1 Å². The van der Waals surface area contributed by atoms with Gasteiger partial charge in [-0.05, 0) is 25.5 Å². The number of amides is 1. The van der Waals surface area contributed by atoms with Gasteiger partial charge in [0.15, 0.2) is 5.76 Å². The van der Waals surface area contributed by atoms with E-state index >= 15 is 0 Å². The number of hydrogen-bond donors (Lipinski definition) is 2. The van der Waals surface area contributed by atoms with Crippen LogP contribution in [0.25, 0.3) is 11.0 Å². The van der Waals surface area contributed by atoms with Crippen molar-refractivity contribution in [2.24, 2.45) is 5.73 Å². The van der Waals surface area contributed by atoms with E-state index in [0.717, 1.165) is 42.5 Å². The van der Waals surface area contributed by atoms with E-state index in [4.69, 9.17) is 10.2 Å². The first-order valence-corrected chi connectivity index (χ1v) is 6.29. The van der Waals surface area contributed by atoms with Crippen LogP contribution in [0.15, 0.2) is 28.7 Å². The quantitative estimate of drug-likeness (QED) is 0.849. The predicted octanol–water partition coefficient (Wildman–Crippen LogP) is 2.00. The van der Waals surface area contributed by atoms with Gasteiger partial charge >= 0.3 is 0 Å². The van der Waals surface area contributed by atoms with Crippen molar-refractivity contribution in [2.75, 3.05) is 13.1 Å². The summed E-state index contributed by atoms with van der Waals surface area (Å²) < 4.78 is 5.61. The van der Waals surface area contributed by atoms with Crippen molar-refractivity contribution in [3.63, 3.8) is 0 Å². The van der Waals surface area contributed by atoms with Crippen LogP contribution in [0.3, 0.4) is 0 Å². The van der Waals surface area contributed by atoms with E-state index in [9.17, 15) is 4.79 Å². The van der Waals surface area contributed by atoms with Gasteiger partial charge in [0.1, 0.15) is 5.58 Å². The molecule has 94 valence electrons. The van der Waals surface area contributed by atoms with Crippen molar-refractivity contribution < 1.29 is 9.21 Å². The topological polar surface area (TPSA) is 68.3 Å². The minimum atomic E-state index is -0.480. The smallest absolute Gasteiger partial charge is 0.284 e. The molecule has 1 fully saturated rings. The van der Waals surface area contributed by atoms with Crippen molar-refractivity contribution in [3.05, 3.63) is 35.6 Å². The molecule has 1 atom stereocenters. The monoisotopic (exact) mass is 244 g/mol. The normalized spacial score (nSPS) is 20.1. The fourth-order valence-electron chi connectivity index (χ4n) is 2.75. The summed E-state index contributed by atoms with van der Waals surface area (Å²) in [5.41, 5.74) is 7.15. The Morgan fingerprint density at radius 3 is 2.94 bits per heavy atom. The van der Waals surface area contributed by atoms with Gasteiger partial charge < -0.3 is 15.5 Å². The molecule has 1 amide bonds. The first-order chi connectivity index (χ1) is 8.77. The van der Waals surface area contributed by atoms with Crippen molar-refractivity contribution in [2.45, 2.75) is 18.8 Å². The van der Waals surface area contributed by atoms with Gasteiger partial charge in [0.2, 0.25) is 0 Å². The number of carbonyl (C=O) groups excluding carboxylic acids is 1. The Hall–Kier alpha value is -1.81. The lowest BCUT2D eigenvalue weighted by Gasteiger charge is -2.22. The summed E-state index contributed by atoms with van der Waals surface area (Å²) >= 11 is 0. The molecule has 2 heterocycles. The van der Waals surface area contributed by atoms with Gasteiger partial charge in [0.05, 0.1) is 0 Å². The van der Waals surface area contributed by atoms with E-state index in [1.165, 1.54) is 0 Å². The van der Waals surface area contributed by atoms with Gasteiger partial charge in [-0.3, -0.25) is 4.79 Å². The molecule has 1 aliphatic heterocycles. The standard InChI is InChI=1S/C14H16N2O2/c15-14(17)13-12(9-4-3-7-16-8-9)10-5-1-2-6-11(10)18-13/h1-2,5-6,9,16H,3-4,7-8H2,(H2,15,17). The lowest BCUT2D eigenvalue weighted by molar-refractivity contribution is 0.0974. The summed E-state index contributed by atoms with van der Waals surface area (Å²) in [4.78, 5) is 11.5. The lowest BCUT2D eigenvalue weighted by atomic mass is 9.89. The third-order valence-corrected chi connectivity index (χ3v) is 3.56. The second-order valence-electron chi connectivity index (χ2n) is 4.75. The van der Waals surface area contributed by atoms with E-state index in [1.54, 1.807) is 0 Å². The Bertz CT molecular complexity index is 582. The van der Waals surface area contributed by atoms with Crippen molar-refractivity contribution in [1.82, 2.24) is 5.32 Å². The summed E-state index contributed by atoms with van der Waals surface area (Å²) in [5, 5.41) is 4.37. The number of benzene rings is 1.